The second-order valence-corrected chi connectivity index (χ2v) is 4.57. The number of ether oxygens (including phenoxy) is 1. The summed E-state index contributed by atoms with van der Waals surface area (Å²) in [6.45, 7) is 2.69. The van der Waals surface area contributed by atoms with E-state index in [0.29, 0.717) is 12.7 Å². The van der Waals surface area contributed by atoms with Crippen molar-refractivity contribution >= 4 is 24.2 Å². The number of thioether (sulfide) groups is 1. The molecule has 1 fully saturated rings. The molecule has 6 heteroatoms. The first-order valence-corrected chi connectivity index (χ1v) is 6.79. The predicted octanol–water partition coefficient (Wildman–Crippen LogP) is 1.89. The lowest BCUT2D eigenvalue weighted by Gasteiger charge is -2.22. The number of hydrogen-bond donors (Lipinski definition) is 1. The van der Waals surface area contributed by atoms with Gasteiger partial charge in [0.15, 0.2) is 0 Å². The lowest BCUT2D eigenvalue weighted by atomic mass is 10.1. The summed E-state index contributed by atoms with van der Waals surface area (Å²) >= 11 is 1.62. The highest BCUT2D eigenvalue weighted by Crippen LogP contribution is 2.17. The van der Waals surface area contributed by atoms with Crippen molar-refractivity contribution in [2.75, 3.05) is 19.3 Å². The van der Waals surface area contributed by atoms with E-state index < -0.39 is 0 Å². The zero-order valence-corrected chi connectivity index (χ0v) is 11.5. The number of nitrogens with zero attached hydrogens (tertiary/aromatic N) is 2. The largest absolute Gasteiger partial charge is 0.372 e. The van der Waals surface area contributed by atoms with Crippen LogP contribution in [0.25, 0.3) is 0 Å². The van der Waals surface area contributed by atoms with E-state index in [0.717, 1.165) is 36.7 Å². The number of halogens is 1. The van der Waals surface area contributed by atoms with Gasteiger partial charge in [-0.05, 0) is 32.2 Å². The Morgan fingerprint density at radius 2 is 2.06 bits per heavy atom. The van der Waals surface area contributed by atoms with Crippen LogP contribution in [0.1, 0.15) is 18.5 Å². The molecule has 0 atom stereocenters. The predicted molar refractivity (Wildman–Crippen MR) is 71.7 cm³/mol. The summed E-state index contributed by atoms with van der Waals surface area (Å²) in [4.78, 5) is 8.58. The van der Waals surface area contributed by atoms with E-state index in [1.807, 2.05) is 6.26 Å². The second-order valence-electron chi connectivity index (χ2n) is 3.77. The van der Waals surface area contributed by atoms with E-state index in [9.17, 15) is 0 Å². The van der Waals surface area contributed by atoms with Crippen molar-refractivity contribution < 1.29 is 4.74 Å². The molecular formula is C11H18ClN3OS. The molecule has 4 nitrogen and oxygen atoms in total. The third-order valence-corrected chi connectivity index (χ3v) is 3.40. The Morgan fingerprint density at radius 3 is 2.76 bits per heavy atom. The van der Waals surface area contributed by atoms with Gasteiger partial charge in [-0.2, -0.15) is 0 Å². The van der Waals surface area contributed by atoms with E-state index in [-0.39, 0.29) is 12.4 Å². The van der Waals surface area contributed by atoms with Crippen LogP contribution in [0, 0.1) is 0 Å². The summed E-state index contributed by atoms with van der Waals surface area (Å²) in [5, 5.41) is 4.29. The minimum absolute atomic E-state index is 0. The quantitative estimate of drug-likeness (QED) is 0.851. The molecule has 0 bridgehead atoms. The van der Waals surface area contributed by atoms with Crippen molar-refractivity contribution in [3.8, 4) is 0 Å². The molecule has 17 heavy (non-hydrogen) atoms. The van der Waals surface area contributed by atoms with Crippen LogP contribution in [0.4, 0.5) is 0 Å². The van der Waals surface area contributed by atoms with Gasteiger partial charge in [0.25, 0.3) is 0 Å². The summed E-state index contributed by atoms with van der Waals surface area (Å²) < 4.78 is 5.86. The zero-order chi connectivity index (χ0) is 11.2. The van der Waals surface area contributed by atoms with E-state index in [2.05, 4.69) is 15.3 Å². The maximum Gasteiger partial charge on any atom is 0.120 e. The lowest BCUT2D eigenvalue weighted by Crippen LogP contribution is -2.32. The second kappa shape index (κ2) is 7.87. The van der Waals surface area contributed by atoms with Crippen LogP contribution >= 0.6 is 24.2 Å². The van der Waals surface area contributed by atoms with E-state index in [1.165, 1.54) is 0 Å². The van der Waals surface area contributed by atoms with Crippen molar-refractivity contribution in [3.63, 3.8) is 0 Å². The normalized spacial score (nSPS) is 16.5. The first-order valence-electron chi connectivity index (χ1n) is 5.56. The van der Waals surface area contributed by atoms with Gasteiger partial charge in [-0.1, -0.05) is 0 Å². The number of nitrogens with one attached hydrogen (secondary N) is 1. The van der Waals surface area contributed by atoms with E-state index in [1.54, 1.807) is 24.2 Å². The molecule has 2 rings (SSSR count). The molecule has 0 radical (unpaired) electrons. The summed E-state index contributed by atoms with van der Waals surface area (Å²) in [5.74, 6) is 0. The van der Waals surface area contributed by atoms with Crippen molar-refractivity contribution in [1.29, 1.82) is 0 Å². The first kappa shape index (κ1) is 14.7. The average molecular weight is 276 g/mol. The Bertz CT molecular complexity index is 334. The van der Waals surface area contributed by atoms with Gasteiger partial charge in [-0.15, -0.1) is 24.2 Å². The number of hydrogen-bond acceptors (Lipinski definition) is 5. The highest BCUT2D eigenvalue weighted by Gasteiger charge is 2.14. The van der Waals surface area contributed by atoms with Crippen LogP contribution in [0.3, 0.4) is 0 Å². The molecule has 0 spiro atoms. The molecule has 1 saturated heterocycles. The molecule has 1 aliphatic heterocycles. The van der Waals surface area contributed by atoms with Crippen molar-refractivity contribution in [2.45, 2.75) is 30.6 Å². The third-order valence-electron chi connectivity index (χ3n) is 2.67. The van der Waals surface area contributed by atoms with E-state index in [4.69, 9.17) is 4.74 Å². The van der Waals surface area contributed by atoms with Gasteiger partial charge in [0.1, 0.15) is 5.03 Å². The van der Waals surface area contributed by atoms with E-state index >= 15 is 0 Å². The van der Waals surface area contributed by atoms with Gasteiger partial charge in [-0.25, -0.2) is 4.98 Å². The number of piperidine rings is 1. The fourth-order valence-electron chi connectivity index (χ4n) is 1.78. The van der Waals surface area contributed by atoms with Crippen molar-refractivity contribution in [1.82, 2.24) is 15.3 Å². The molecule has 0 aliphatic carbocycles. The average Bonchev–Trinajstić information content (AvgIpc) is 2.38. The monoisotopic (exact) mass is 275 g/mol. The Kier molecular flexibility index (Phi) is 6.80. The van der Waals surface area contributed by atoms with Crippen LogP contribution in [0.5, 0.6) is 0 Å². The third kappa shape index (κ3) is 4.43. The topological polar surface area (TPSA) is 47.0 Å². The summed E-state index contributed by atoms with van der Waals surface area (Å²) in [6, 6.07) is 0. The highest BCUT2D eigenvalue weighted by molar-refractivity contribution is 7.98. The fraction of sp³-hybridized carbons (Fsp3) is 0.636. The molecule has 1 aliphatic rings. The summed E-state index contributed by atoms with van der Waals surface area (Å²) in [6.07, 6.45) is 8.01. The zero-order valence-electron chi connectivity index (χ0n) is 9.89. The van der Waals surface area contributed by atoms with Gasteiger partial charge in [0.05, 0.1) is 18.4 Å². The molecule has 96 valence electrons. The first-order chi connectivity index (χ1) is 7.90. The Balaban J connectivity index is 0.00000144. The number of aromatic nitrogens is 2. The Morgan fingerprint density at radius 1 is 1.35 bits per heavy atom. The molecule has 0 aromatic carbocycles. The maximum absolute atomic E-state index is 5.86. The van der Waals surface area contributed by atoms with Crippen LogP contribution in [0.15, 0.2) is 17.4 Å². The van der Waals surface area contributed by atoms with Crippen LogP contribution < -0.4 is 5.32 Å². The number of rotatable bonds is 4. The highest BCUT2D eigenvalue weighted by atomic mass is 35.5. The van der Waals surface area contributed by atoms with Crippen LogP contribution in [-0.2, 0) is 11.3 Å². The minimum atomic E-state index is 0. The van der Waals surface area contributed by atoms with Gasteiger partial charge >= 0.3 is 0 Å². The molecule has 0 unspecified atom stereocenters. The van der Waals surface area contributed by atoms with Gasteiger partial charge in [-0.3, -0.25) is 4.98 Å². The van der Waals surface area contributed by atoms with Crippen molar-refractivity contribution in [3.05, 3.63) is 18.1 Å². The molecule has 1 aromatic rings. The Labute approximate surface area is 112 Å². The van der Waals surface area contributed by atoms with Crippen molar-refractivity contribution in [2.24, 2.45) is 0 Å². The Hall–Kier alpha value is -0.360. The SMILES string of the molecule is CSc1nccnc1COC1CCNCC1.Cl. The van der Waals surface area contributed by atoms with Gasteiger partial charge in [0, 0.05) is 12.4 Å². The molecule has 0 saturated carbocycles. The fourth-order valence-corrected chi connectivity index (χ4v) is 2.30. The summed E-state index contributed by atoms with van der Waals surface area (Å²) in [5.41, 5.74) is 0.952. The standard InChI is InChI=1S/C11H17N3OS.ClH/c1-16-11-10(13-6-7-14-11)8-15-9-2-4-12-5-3-9;/h6-7,9,12H,2-5,8H2,1H3;1H. The van der Waals surface area contributed by atoms with Crippen LogP contribution in [-0.4, -0.2) is 35.4 Å². The minimum Gasteiger partial charge on any atom is -0.372 e. The van der Waals surface area contributed by atoms with Crippen LogP contribution in [0.2, 0.25) is 0 Å². The smallest absolute Gasteiger partial charge is 0.120 e. The molecule has 2 heterocycles. The molecule has 0 amide bonds. The lowest BCUT2D eigenvalue weighted by molar-refractivity contribution is 0.0182. The molecular weight excluding hydrogens is 258 g/mol. The molecule has 1 N–H and O–H groups in total. The maximum atomic E-state index is 5.86. The molecule has 1 aromatic heterocycles. The van der Waals surface area contributed by atoms with Gasteiger partial charge in [0.2, 0.25) is 0 Å². The van der Waals surface area contributed by atoms with Gasteiger partial charge < -0.3 is 10.1 Å². The summed E-state index contributed by atoms with van der Waals surface area (Å²) in [7, 11) is 0.